The summed E-state index contributed by atoms with van der Waals surface area (Å²) < 4.78 is 1.81. The van der Waals surface area contributed by atoms with Gasteiger partial charge in [-0.1, -0.05) is 0 Å². The van der Waals surface area contributed by atoms with Crippen LogP contribution in [-0.2, 0) is 7.05 Å². The van der Waals surface area contributed by atoms with Gasteiger partial charge in [0.25, 0.3) is 0 Å². The van der Waals surface area contributed by atoms with Gasteiger partial charge in [0.2, 0.25) is 0 Å². The Morgan fingerprint density at radius 2 is 1.91 bits per heavy atom. The Morgan fingerprint density at radius 1 is 1.17 bits per heavy atom. The van der Waals surface area contributed by atoms with Crippen LogP contribution in [0.3, 0.4) is 0 Å². The Balaban J connectivity index is 1.59. The Bertz CT molecular complexity index is 658. The third kappa shape index (κ3) is 3.45. The SMILES string of the molecule is Cc1nn(C)c2ncnc(NCCC(C)N3CCN(C)CC3)c12. The molecule has 0 radical (unpaired) electrons. The topological polar surface area (TPSA) is 62.1 Å². The molecule has 0 aliphatic carbocycles. The van der Waals surface area contributed by atoms with Crippen molar-refractivity contribution in [3.63, 3.8) is 0 Å². The first kappa shape index (κ1) is 16.1. The van der Waals surface area contributed by atoms with Crippen molar-refractivity contribution in [3.8, 4) is 0 Å². The molecule has 1 fully saturated rings. The standard InChI is InChI=1S/C16H27N7/c1-12(23-9-7-21(3)8-10-23)5-6-17-15-14-13(2)20-22(4)16(14)19-11-18-15/h11-12H,5-10H2,1-4H3,(H,17,18,19). The van der Waals surface area contributed by atoms with Gasteiger partial charge >= 0.3 is 0 Å². The summed E-state index contributed by atoms with van der Waals surface area (Å²) in [5, 5.41) is 8.94. The first-order valence-corrected chi connectivity index (χ1v) is 8.37. The molecule has 1 saturated heterocycles. The van der Waals surface area contributed by atoms with Crippen LogP contribution >= 0.6 is 0 Å². The molecule has 0 bridgehead atoms. The molecule has 2 aromatic heterocycles. The van der Waals surface area contributed by atoms with E-state index < -0.39 is 0 Å². The molecule has 0 amide bonds. The number of aryl methyl sites for hydroxylation is 2. The Kier molecular flexibility index (Phi) is 4.77. The lowest BCUT2D eigenvalue weighted by Crippen LogP contribution is -2.48. The van der Waals surface area contributed by atoms with Crippen LogP contribution in [0.4, 0.5) is 5.82 Å². The van der Waals surface area contributed by atoms with Gasteiger partial charge in [-0.2, -0.15) is 5.10 Å². The highest BCUT2D eigenvalue weighted by Gasteiger charge is 2.19. The summed E-state index contributed by atoms with van der Waals surface area (Å²) in [6, 6.07) is 0.587. The summed E-state index contributed by atoms with van der Waals surface area (Å²) in [6.45, 7) is 9.89. The van der Waals surface area contributed by atoms with Crippen LogP contribution in [0.5, 0.6) is 0 Å². The molecule has 3 rings (SSSR count). The second-order valence-corrected chi connectivity index (χ2v) is 6.53. The van der Waals surface area contributed by atoms with Gasteiger partial charge in [0, 0.05) is 45.8 Å². The van der Waals surface area contributed by atoms with E-state index in [4.69, 9.17) is 0 Å². The third-order valence-electron chi connectivity index (χ3n) is 4.81. The number of fused-ring (bicyclic) bond motifs is 1. The minimum Gasteiger partial charge on any atom is -0.369 e. The molecule has 2 aromatic rings. The predicted octanol–water partition coefficient (Wildman–Crippen LogP) is 1.11. The minimum absolute atomic E-state index is 0.587. The van der Waals surface area contributed by atoms with Crippen LogP contribution in [0, 0.1) is 6.92 Å². The molecule has 1 aliphatic rings. The van der Waals surface area contributed by atoms with E-state index in [1.807, 2.05) is 18.7 Å². The maximum atomic E-state index is 4.44. The monoisotopic (exact) mass is 317 g/mol. The van der Waals surface area contributed by atoms with Gasteiger partial charge in [-0.3, -0.25) is 9.58 Å². The first-order valence-electron chi connectivity index (χ1n) is 8.37. The van der Waals surface area contributed by atoms with Gasteiger partial charge in [0.15, 0.2) is 5.65 Å². The van der Waals surface area contributed by atoms with Crippen molar-refractivity contribution < 1.29 is 0 Å². The Morgan fingerprint density at radius 3 is 2.65 bits per heavy atom. The summed E-state index contributed by atoms with van der Waals surface area (Å²) in [7, 11) is 4.11. The maximum Gasteiger partial charge on any atom is 0.163 e. The highest BCUT2D eigenvalue weighted by molar-refractivity contribution is 5.88. The number of hydrogen-bond acceptors (Lipinski definition) is 6. The smallest absolute Gasteiger partial charge is 0.163 e. The van der Waals surface area contributed by atoms with E-state index in [1.54, 1.807) is 6.33 Å². The number of anilines is 1. The highest BCUT2D eigenvalue weighted by Crippen LogP contribution is 2.22. The number of piperazine rings is 1. The summed E-state index contributed by atoms with van der Waals surface area (Å²) in [6.07, 6.45) is 2.71. The van der Waals surface area contributed by atoms with E-state index in [2.05, 4.69) is 44.2 Å². The van der Waals surface area contributed by atoms with Crippen LogP contribution in [0.25, 0.3) is 11.0 Å². The molecule has 126 valence electrons. The average Bonchev–Trinajstić information content (AvgIpc) is 2.83. The number of likely N-dealkylation sites (N-methyl/N-ethyl adjacent to an activating group) is 1. The Hall–Kier alpha value is -1.73. The minimum atomic E-state index is 0.587. The lowest BCUT2D eigenvalue weighted by Gasteiger charge is -2.36. The lowest BCUT2D eigenvalue weighted by atomic mass is 10.1. The molecule has 1 aliphatic heterocycles. The molecule has 23 heavy (non-hydrogen) atoms. The fraction of sp³-hybridized carbons (Fsp3) is 0.688. The molecule has 0 spiro atoms. The van der Waals surface area contributed by atoms with Gasteiger partial charge in [-0.25, -0.2) is 9.97 Å². The van der Waals surface area contributed by atoms with Crippen molar-refractivity contribution in [1.29, 1.82) is 0 Å². The second kappa shape index (κ2) is 6.80. The zero-order valence-electron chi connectivity index (χ0n) is 14.6. The van der Waals surface area contributed by atoms with Gasteiger partial charge in [-0.05, 0) is 27.3 Å². The van der Waals surface area contributed by atoms with Crippen LogP contribution in [0.1, 0.15) is 19.0 Å². The summed E-state index contributed by atoms with van der Waals surface area (Å²) in [5.41, 5.74) is 1.85. The molecule has 7 heteroatoms. The molecular formula is C16H27N7. The first-order chi connectivity index (χ1) is 11.1. The van der Waals surface area contributed by atoms with E-state index in [0.29, 0.717) is 6.04 Å². The summed E-state index contributed by atoms with van der Waals surface area (Å²) in [4.78, 5) is 13.7. The van der Waals surface area contributed by atoms with E-state index in [-0.39, 0.29) is 0 Å². The number of nitrogens with one attached hydrogen (secondary N) is 1. The molecule has 1 N–H and O–H groups in total. The normalized spacial score (nSPS) is 18.4. The van der Waals surface area contributed by atoms with Crippen LogP contribution in [-0.4, -0.2) is 75.4 Å². The molecule has 0 saturated carbocycles. The predicted molar refractivity (Wildman–Crippen MR) is 92.7 cm³/mol. The van der Waals surface area contributed by atoms with Crippen molar-refractivity contribution in [2.45, 2.75) is 26.3 Å². The number of nitrogens with zero attached hydrogens (tertiary/aromatic N) is 6. The van der Waals surface area contributed by atoms with Gasteiger partial charge in [-0.15, -0.1) is 0 Å². The molecule has 1 atom stereocenters. The van der Waals surface area contributed by atoms with E-state index in [9.17, 15) is 0 Å². The number of aromatic nitrogens is 4. The van der Waals surface area contributed by atoms with Crippen LogP contribution < -0.4 is 5.32 Å². The highest BCUT2D eigenvalue weighted by atomic mass is 15.3. The van der Waals surface area contributed by atoms with Gasteiger partial charge in [0.1, 0.15) is 12.1 Å². The zero-order valence-corrected chi connectivity index (χ0v) is 14.6. The molecule has 0 aromatic carbocycles. The van der Waals surface area contributed by atoms with Crippen molar-refractivity contribution in [2.75, 3.05) is 45.1 Å². The number of hydrogen-bond donors (Lipinski definition) is 1. The van der Waals surface area contributed by atoms with Crippen molar-refractivity contribution in [3.05, 3.63) is 12.0 Å². The average molecular weight is 317 g/mol. The third-order valence-corrected chi connectivity index (χ3v) is 4.81. The van der Waals surface area contributed by atoms with E-state index in [1.165, 1.54) is 13.1 Å². The van der Waals surface area contributed by atoms with Gasteiger partial charge < -0.3 is 10.2 Å². The number of rotatable bonds is 5. The molecule has 3 heterocycles. The van der Waals surface area contributed by atoms with Crippen LogP contribution in [0.15, 0.2) is 6.33 Å². The largest absolute Gasteiger partial charge is 0.369 e. The molecular weight excluding hydrogens is 290 g/mol. The van der Waals surface area contributed by atoms with Gasteiger partial charge in [0.05, 0.1) is 11.1 Å². The quantitative estimate of drug-likeness (QED) is 0.891. The summed E-state index contributed by atoms with van der Waals surface area (Å²) >= 11 is 0. The maximum absolute atomic E-state index is 4.44. The van der Waals surface area contributed by atoms with E-state index in [0.717, 1.165) is 48.6 Å². The fourth-order valence-electron chi connectivity index (χ4n) is 3.26. The van der Waals surface area contributed by atoms with Crippen molar-refractivity contribution in [1.82, 2.24) is 29.5 Å². The molecule has 1 unspecified atom stereocenters. The molecule has 7 nitrogen and oxygen atoms in total. The summed E-state index contributed by atoms with van der Waals surface area (Å²) in [5.74, 6) is 0.895. The van der Waals surface area contributed by atoms with Crippen LogP contribution in [0.2, 0.25) is 0 Å². The lowest BCUT2D eigenvalue weighted by molar-refractivity contribution is 0.116. The second-order valence-electron chi connectivity index (χ2n) is 6.53. The zero-order chi connectivity index (χ0) is 16.4. The van der Waals surface area contributed by atoms with E-state index >= 15 is 0 Å². The van der Waals surface area contributed by atoms with Crippen molar-refractivity contribution >= 4 is 16.9 Å². The van der Waals surface area contributed by atoms with Crippen molar-refractivity contribution in [2.24, 2.45) is 7.05 Å². The Labute approximate surface area is 137 Å². The fourth-order valence-corrected chi connectivity index (χ4v) is 3.26.